The van der Waals surface area contributed by atoms with E-state index >= 15 is 0 Å². The van der Waals surface area contributed by atoms with E-state index in [1.807, 2.05) is 0 Å². The standard InChI is InChI=1S/C15H9FO2S/c16-10-3-1-9(2-4-10)15-13(8-17)12-6-5-11(18)7-14(12)19-15/h1-8,18H. The van der Waals surface area contributed by atoms with Crippen LogP contribution in [0.4, 0.5) is 4.39 Å². The van der Waals surface area contributed by atoms with Gasteiger partial charge in [0.15, 0.2) is 6.29 Å². The summed E-state index contributed by atoms with van der Waals surface area (Å²) in [5.74, 6) is -0.146. The molecule has 0 aliphatic carbocycles. The number of aldehydes is 1. The first-order valence-corrected chi connectivity index (χ1v) is 6.47. The van der Waals surface area contributed by atoms with E-state index in [2.05, 4.69) is 0 Å². The lowest BCUT2D eigenvalue weighted by Crippen LogP contribution is -1.82. The van der Waals surface area contributed by atoms with Crippen LogP contribution in [-0.2, 0) is 0 Å². The van der Waals surface area contributed by atoms with E-state index in [1.54, 1.807) is 30.3 Å². The number of benzene rings is 2. The van der Waals surface area contributed by atoms with E-state index in [9.17, 15) is 14.3 Å². The highest BCUT2D eigenvalue weighted by Crippen LogP contribution is 2.38. The lowest BCUT2D eigenvalue weighted by molar-refractivity contribution is 0.112. The number of carbonyl (C=O) groups excluding carboxylic acids is 1. The molecule has 0 amide bonds. The normalized spacial score (nSPS) is 10.8. The molecule has 0 bridgehead atoms. The summed E-state index contributed by atoms with van der Waals surface area (Å²) in [7, 11) is 0. The van der Waals surface area contributed by atoms with Gasteiger partial charge in [0.1, 0.15) is 11.6 Å². The van der Waals surface area contributed by atoms with Crippen LogP contribution < -0.4 is 0 Å². The second-order valence-corrected chi connectivity index (χ2v) is 5.20. The molecule has 0 unspecified atom stereocenters. The minimum Gasteiger partial charge on any atom is -0.508 e. The number of aromatic hydroxyl groups is 1. The van der Waals surface area contributed by atoms with Crippen LogP contribution in [0.3, 0.4) is 0 Å². The highest BCUT2D eigenvalue weighted by molar-refractivity contribution is 7.22. The first-order chi connectivity index (χ1) is 9.19. The Hall–Kier alpha value is -2.20. The molecule has 1 aromatic heterocycles. The second-order valence-electron chi connectivity index (χ2n) is 4.15. The summed E-state index contributed by atoms with van der Waals surface area (Å²) in [6, 6.07) is 10.9. The molecule has 0 spiro atoms. The summed E-state index contributed by atoms with van der Waals surface area (Å²) in [5.41, 5.74) is 1.37. The zero-order valence-electron chi connectivity index (χ0n) is 9.76. The van der Waals surface area contributed by atoms with Gasteiger partial charge in [0.2, 0.25) is 0 Å². The maximum atomic E-state index is 12.9. The van der Waals surface area contributed by atoms with Gasteiger partial charge in [0.05, 0.1) is 0 Å². The topological polar surface area (TPSA) is 37.3 Å². The number of carbonyl (C=O) groups is 1. The first kappa shape index (κ1) is 11.9. The van der Waals surface area contributed by atoms with Gasteiger partial charge < -0.3 is 5.11 Å². The smallest absolute Gasteiger partial charge is 0.152 e. The Morgan fingerprint density at radius 1 is 1.11 bits per heavy atom. The minimum atomic E-state index is -0.310. The summed E-state index contributed by atoms with van der Waals surface area (Å²) >= 11 is 1.41. The van der Waals surface area contributed by atoms with Gasteiger partial charge in [-0.1, -0.05) is 12.1 Å². The number of phenols is 1. The monoisotopic (exact) mass is 272 g/mol. The molecule has 1 N–H and O–H groups in total. The largest absolute Gasteiger partial charge is 0.508 e. The molecule has 0 aliphatic rings. The van der Waals surface area contributed by atoms with Crippen LogP contribution in [0.2, 0.25) is 0 Å². The minimum absolute atomic E-state index is 0.164. The number of hydrogen-bond donors (Lipinski definition) is 1. The lowest BCUT2D eigenvalue weighted by atomic mass is 10.1. The van der Waals surface area contributed by atoms with Crippen LogP contribution >= 0.6 is 11.3 Å². The van der Waals surface area contributed by atoms with Gasteiger partial charge in [-0.05, 0) is 35.9 Å². The molecular formula is C15H9FO2S. The van der Waals surface area contributed by atoms with Crippen molar-refractivity contribution in [3.8, 4) is 16.2 Å². The molecule has 0 saturated heterocycles. The van der Waals surface area contributed by atoms with Gasteiger partial charge in [-0.25, -0.2) is 4.39 Å². The maximum Gasteiger partial charge on any atom is 0.152 e. The summed E-state index contributed by atoms with van der Waals surface area (Å²) in [6.07, 6.45) is 0.800. The number of hydrogen-bond acceptors (Lipinski definition) is 3. The van der Waals surface area contributed by atoms with Crippen molar-refractivity contribution in [2.24, 2.45) is 0 Å². The average Bonchev–Trinajstić information content (AvgIpc) is 2.77. The quantitative estimate of drug-likeness (QED) is 0.709. The predicted octanol–water partition coefficient (Wildman–Crippen LogP) is 4.23. The molecule has 2 aromatic carbocycles. The van der Waals surface area contributed by atoms with Gasteiger partial charge in [0.25, 0.3) is 0 Å². The predicted molar refractivity (Wildman–Crippen MR) is 74.3 cm³/mol. The molecule has 0 fully saturated rings. The number of fused-ring (bicyclic) bond motifs is 1. The molecule has 3 aromatic rings. The zero-order chi connectivity index (χ0) is 13.4. The molecule has 0 atom stereocenters. The summed E-state index contributed by atoms with van der Waals surface area (Å²) < 4.78 is 13.8. The highest BCUT2D eigenvalue weighted by Gasteiger charge is 2.13. The first-order valence-electron chi connectivity index (χ1n) is 5.65. The fourth-order valence-corrected chi connectivity index (χ4v) is 3.25. The van der Waals surface area contributed by atoms with Crippen molar-refractivity contribution < 1.29 is 14.3 Å². The van der Waals surface area contributed by atoms with Gasteiger partial charge in [-0.3, -0.25) is 4.79 Å². The summed E-state index contributed by atoms with van der Waals surface area (Å²) in [4.78, 5) is 12.1. The lowest BCUT2D eigenvalue weighted by Gasteiger charge is -1.98. The van der Waals surface area contributed by atoms with Gasteiger partial charge in [-0.2, -0.15) is 0 Å². The number of halogens is 1. The number of thiophene rings is 1. The third-order valence-electron chi connectivity index (χ3n) is 2.94. The molecule has 4 heteroatoms. The molecule has 2 nitrogen and oxygen atoms in total. The molecular weight excluding hydrogens is 263 g/mol. The third kappa shape index (κ3) is 2.00. The van der Waals surface area contributed by atoms with Crippen LogP contribution in [-0.4, -0.2) is 11.4 Å². The highest BCUT2D eigenvalue weighted by atomic mass is 32.1. The van der Waals surface area contributed by atoms with Gasteiger partial charge >= 0.3 is 0 Å². The van der Waals surface area contributed by atoms with Gasteiger partial charge in [-0.15, -0.1) is 11.3 Å². The molecule has 3 rings (SSSR count). The molecule has 1 heterocycles. The van der Waals surface area contributed by atoms with E-state index < -0.39 is 0 Å². The van der Waals surface area contributed by atoms with Crippen molar-refractivity contribution in [3.63, 3.8) is 0 Å². The van der Waals surface area contributed by atoms with E-state index in [1.165, 1.54) is 23.5 Å². The summed E-state index contributed by atoms with van der Waals surface area (Å²) in [5, 5.41) is 10.3. The maximum absolute atomic E-state index is 12.9. The Kier molecular flexibility index (Phi) is 2.80. The van der Waals surface area contributed by atoms with E-state index in [4.69, 9.17) is 0 Å². The Labute approximate surface area is 112 Å². The van der Waals surface area contributed by atoms with Crippen LogP contribution in [0.5, 0.6) is 5.75 Å². The molecule has 0 saturated carbocycles. The van der Waals surface area contributed by atoms with Crippen LogP contribution in [0.25, 0.3) is 20.5 Å². The number of phenolic OH excluding ortho intramolecular Hbond substituents is 1. The third-order valence-corrected chi connectivity index (χ3v) is 4.15. The Bertz CT molecular complexity index is 760. The Morgan fingerprint density at radius 2 is 1.84 bits per heavy atom. The fourth-order valence-electron chi connectivity index (χ4n) is 2.04. The Balaban J connectivity index is 2.28. The van der Waals surface area contributed by atoms with Crippen LogP contribution in [0.15, 0.2) is 42.5 Å². The molecule has 19 heavy (non-hydrogen) atoms. The van der Waals surface area contributed by atoms with Crippen molar-refractivity contribution in [3.05, 3.63) is 53.8 Å². The molecule has 0 aliphatic heterocycles. The van der Waals surface area contributed by atoms with Crippen molar-refractivity contribution in [2.75, 3.05) is 0 Å². The van der Waals surface area contributed by atoms with E-state index in [0.29, 0.717) is 5.56 Å². The fraction of sp³-hybridized carbons (Fsp3) is 0. The van der Waals surface area contributed by atoms with Crippen molar-refractivity contribution in [1.82, 2.24) is 0 Å². The van der Waals surface area contributed by atoms with Gasteiger partial charge in [0, 0.05) is 20.5 Å². The molecule has 0 radical (unpaired) electrons. The SMILES string of the molecule is O=Cc1c(-c2ccc(F)cc2)sc2cc(O)ccc12. The van der Waals surface area contributed by atoms with Crippen LogP contribution in [0, 0.1) is 5.82 Å². The Morgan fingerprint density at radius 3 is 2.53 bits per heavy atom. The number of rotatable bonds is 2. The van der Waals surface area contributed by atoms with Crippen molar-refractivity contribution in [2.45, 2.75) is 0 Å². The van der Waals surface area contributed by atoms with Crippen LogP contribution in [0.1, 0.15) is 10.4 Å². The van der Waals surface area contributed by atoms with E-state index in [-0.39, 0.29) is 11.6 Å². The summed E-state index contributed by atoms with van der Waals surface area (Å²) in [6.45, 7) is 0. The second kappa shape index (κ2) is 4.48. The average molecular weight is 272 g/mol. The van der Waals surface area contributed by atoms with Crippen molar-refractivity contribution in [1.29, 1.82) is 0 Å². The van der Waals surface area contributed by atoms with Crippen molar-refractivity contribution >= 4 is 27.7 Å². The van der Waals surface area contributed by atoms with E-state index in [0.717, 1.165) is 26.8 Å². The zero-order valence-corrected chi connectivity index (χ0v) is 10.6. The molecule has 94 valence electrons.